The third-order valence-corrected chi connectivity index (χ3v) is 5.55. The highest BCUT2D eigenvalue weighted by Gasteiger charge is 2.21. The lowest BCUT2D eigenvalue weighted by atomic mass is 10.2. The lowest BCUT2D eigenvalue weighted by Crippen LogP contribution is -2.49. The van der Waals surface area contributed by atoms with Gasteiger partial charge in [0.25, 0.3) is 0 Å². The van der Waals surface area contributed by atoms with E-state index in [4.69, 9.17) is 0 Å². The van der Waals surface area contributed by atoms with E-state index in [0.29, 0.717) is 13.1 Å². The van der Waals surface area contributed by atoms with Crippen LogP contribution in [0.15, 0.2) is 35.8 Å². The summed E-state index contributed by atoms with van der Waals surface area (Å²) in [5.41, 5.74) is 2.32. The monoisotopic (exact) mass is 373 g/mol. The highest BCUT2D eigenvalue weighted by Crippen LogP contribution is 2.19. The molecule has 2 aromatic rings. The molecule has 0 spiro atoms. The quantitative estimate of drug-likeness (QED) is 0.775. The van der Waals surface area contributed by atoms with E-state index >= 15 is 0 Å². The molecule has 1 saturated heterocycles. The molecule has 140 valence electrons. The Morgan fingerprint density at radius 3 is 2.38 bits per heavy atom. The number of rotatable bonds is 6. The fourth-order valence-electron chi connectivity index (χ4n) is 3.04. The number of nitrogens with zero attached hydrogens (tertiary/aromatic N) is 5. The number of amides is 1. The Labute approximate surface area is 159 Å². The maximum Gasteiger partial charge on any atom is 0.236 e. The molecule has 1 aromatic heterocycles. The fourth-order valence-corrected chi connectivity index (χ4v) is 3.74. The van der Waals surface area contributed by atoms with Crippen molar-refractivity contribution >= 4 is 28.1 Å². The lowest BCUT2D eigenvalue weighted by molar-refractivity contribution is -0.131. The van der Waals surface area contributed by atoms with Gasteiger partial charge in [-0.25, -0.2) is 4.98 Å². The Kier molecular flexibility index (Phi) is 6.11. The summed E-state index contributed by atoms with van der Waals surface area (Å²) in [6, 6.07) is 8.36. The van der Waals surface area contributed by atoms with Gasteiger partial charge in [-0.1, -0.05) is 12.1 Å². The van der Waals surface area contributed by atoms with Gasteiger partial charge in [-0.2, -0.15) is 0 Å². The summed E-state index contributed by atoms with van der Waals surface area (Å²) >= 11 is 1.67. The topological polar surface area (TPSA) is 42.9 Å². The highest BCUT2D eigenvalue weighted by atomic mass is 32.1. The van der Waals surface area contributed by atoms with Crippen LogP contribution in [-0.4, -0.2) is 74.6 Å². The first-order valence-electron chi connectivity index (χ1n) is 8.90. The molecule has 3 rings (SSSR count). The number of thiazole rings is 1. The number of benzene rings is 1. The first kappa shape index (κ1) is 18.7. The average Bonchev–Trinajstić information content (AvgIpc) is 3.17. The van der Waals surface area contributed by atoms with Crippen LogP contribution in [0, 0.1) is 0 Å². The molecule has 1 fully saturated rings. The highest BCUT2D eigenvalue weighted by molar-refractivity contribution is 7.13. The molecule has 0 atom stereocenters. The first-order valence-corrected chi connectivity index (χ1v) is 9.78. The number of aromatic nitrogens is 1. The molecule has 0 saturated carbocycles. The molecule has 0 radical (unpaired) electrons. The van der Waals surface area contributed by atoms with Gasteiger partial charge in [-0.15, -0.1) is 11.3 Å². The van der Waals surface area contributed by atoms with E-state index in [2.05, 4.69) is 43.9 Å². The van der Waals surface area contributed by atoms with Crippen molar-refractivity contribution < 1.29 is 4.79 Å². The molecule has 0 aliphatic carbocycles. The summed E-state index contributed by atoms with van der Waals surface area (Å²) in [7, 11) is 5.94. The largest absolute Gasteiger partial charge is 0.378 e. The van der Waals surface area contributed by atoms with Gasteiger partial charge in [0.05, 0.1) is 6.54 Å². The molecule has 1 aliphatic heterocycles. The molecule has 26 heavy (non-hydrogen) atoms. The van der Waals surface area contributed by atoms with Gasteiger partial charge >= 0.3 is 0 Å². The van der Waals surface area contributed by atoms with Gasteiger partial charge in [0.15, 0.2) is 5.13 Å². The zero-order valence-corrected chi connectivity index (χ0v) is 16.6. The SMILES string of the molecule is CN(Cc1ccc(N(C)C)cc1)C(=O)CN1CCN(c2nccs2)CC1. The Balaban J connectivity index is 1.45. The second kappa shape index (κ2) is 8.51. The third-order valence-electron chi connectivity index (χ3n) is 4.72. The zero-order valence-electron chi connectivity index (χ0n) is 15.8. The Bertz CT molecular complexity index is 693. The minimum absolute atomic E-state index is 0.171. The standard InChI is InChI=1S/C19H27N5OS/c1-21(2)17-6-4-16(5-7-17)14-22(3)18(25)15-23-9-11-24(12-10-23)19-20-8-13-26-19/h4-8,13H,9-12,14-15H2,1-3H3. The van der Waals surface area contributed by atoms with Crippen molar-refractivity contribution in [2.45, 2.75) is 6.54 Å². The van der Waals surface area contributed by atoms with Crippen LogP contribution in [-0.2, 0) is 11.3 Å². The Morgan fingerprint density at radius 2 is 1.81 bits per heavy atom. The number of likely N-dealkylation sites (N-methyl/N-ethyl adjacent to an activating group) is 1. The summed E-state index contributed by atoms with van der Waals surface area (Å²) in [5, 5.41) is 3.08. The van der Waals surface area contributed by atoms with Crippen LogP contribution in [0.2, 0.25) is 0 Å². The molecule has 1 amide bonds. The summed E-state index contributed by atoms with van der Waals surface area (Å²) in [6.45, 7) is 4.78. The van der Waals surface area contributed by atoms with Gasteiger partial charge in [0, 0.05) is 71.1 Å². The van der Waals surface area contributed by atoms with Gasteiger partial charge < -0.3 is 14.7 Å². The average molecular weight is 374 g/mol. The van der Waals surface area contributed by atoms with Crippen molar-refractivity contribution in [2.24, 2.45) is 0 Å². The van der Waals surface area contributed by atoms with E-state index in [-0.39, 0.29) is 5.91 Å². The molecule has 7 heteroatoms. The molecular weight excluding hydrogens is 346 g/mol. The smallest absolute Gasteiger partial charge is 0.236 e. The molecular formula is C19H27N5OS. The van der Waals surface area contributed by atoms with Crippen molar-refractivity contribution in [3.63, 3.8) is 0 Å². The lowest BCUT2D eigenvalue weighted by Gasteiger charge is -2.34. The van der Waals surface area contributed by atoms with Crippen LogP contribution in [0.4, 0.5) is 10.8 Å². The Hall–Kier alpha value is -2.12. The van der Waals surface area contributed by atoms with Crippen LogP contribution in [0.25, 0.3) is 0 Å². The number of hydrogen-bond acceptors (Lipinski definition) is 6. The van der Waals surface area contributed by atoms with Crippen molar-refractivity contribution in [2.75, 3.05) is 63.7 Å². The van der Waals surface area contributed by atoms with Gasteiger partial charge in [-0.3, -0.25) is 9.69 Å². The summed E-state index contributed by atoms with van der Waals surface area (Å²) < 4.78 is 0. The van der Waals surface area contributed by atoms with Crippen molar-refractivity contribution in [3.05, 3.63) is 41.4 Å². The van der Waals surface area contributed by atoms with Crippen LogP contribution in [0.5, 0.6) is 0 Å². The van der Waals surface area contributed by atoms with E-state index in [1.807, 2.05) is 37.6 Å². The van der Waals surface area contributed by atoms with Crippen LogP contribution in [0.3, 0.4) is 0 Å². The maximum atomic E-state index is 12.6. The van der Waals surface area contributed by atoms with E-state index in [9.17, 15) is 4.79 Å². The Morgan fingerprint density at radius 1 is 1.12 bits per heavy atom. The van der Waals surface area contributed by atoms with Gasteiger partial charge in [-0.05, 0) is 17.7 Å². The molecule has 0 unspecified atom stereocenters. The van der Waals surface area contributed by atoms with E-state index < -0.39 is 0 Å². The normalized spacial score (nSPS) is 15.1. The molecule has 1 aromatic carbocycles. The van der Waals surface area contributed by atoms with Crippen LogP contribution >= 0.6 is 11.3 Å². The number of anilines is 2. The van der Waals surface area contributed by atoms with Gasteiger partial charge in [0.1, 0.15) is 0 Å². The number of carbonyl (C=O) groups excluding carboxylic acids is 1. The number of carbonyl (C=O) groups is 1. The first-order chi connectivity index (χ1) is 12.5. The van der Waals surface area contributed by atoms with Crippen LogP contribution < -0.4 is 9.80 Å². The number of piperazine rings is 1. The van der Waals surface area contributed by atoms with E-state index in [1.165, 1.54) is 5.69 Å². The summed E-state index contributed by atoms with van der Waals surface area (Å²) in [4.78, 5) is 25.3. The predicted molar refractivity (Wildman–Crippen MR) is 108 cm³/mol. The molecule has 6 nitrogen and oxygen atoms in total. The minimum atomic E-state index is 0.171. The van der Waals surface area contributed by atoms with Gasteiger partial charge in [0.2, 0.25) is 5.91 Å². The second-order valence-electron chi connectivity index (χ2n) is 6.89. The third kappa shape index (κ3) is 4.74. The van der Waals surface area contributed by atoms with Crippen molar-refractivity contribution in [3.8, 4) is 0 Å². The molecule has 0 N–H and O–H groups in total. The fraction of sp³-hybridized carbons (Fsp3) is 0.474. The zero-order chi connectivity index (χ0) is 18.5. The molecule has 2 heterocycles. The van der Waals surface area contributed by atoms with Crippen molar-refractivity contribution in [1.29, 1.82) is 0 Å². The molecule has 0 bridgehead atoms. The van der Waals surface area contributed by atoms with E-state index in [0.717, 1.165) is 36.9 Å². The second-order valence-corrected chi connectivity index (χ2v) is 7.76. The predicted octanol–water partition coefficient (Wildman–Crippen LogP) is 1.99. The maximum absolute atomic E-state index is 12.6. The number of hydrogen-bond donors (Lipinski definition) is 0. The van der Waals surface area contributed by atoms with E-state index in [1.54, 1.807) is 11.3 Å². The summed E-state index contributed by atoms with van der Waals surface area (Å²) in [5.74, 6) is 0.171. The van der Waals surface area contributed by atoms with Crippen molar-refractivity contribution in [1.82, 2.24) is 14.8 Å². The minimum Gasteiger partial charge on any atom is -0.378 e. The van der Waals surface area contributed by atoms with Crippen LogP contribution in [0.1, 0.15) is 5.56 Å². The molecule has 1 aliphatic rings. The summed E-state index contributed by atoms with van der Waals surface area (Å²) in [6.07, 6.45) is 1.84.